The Morgan fingerprint density at radius 1 is 1.37 bits per heavy atom. The topological polar surface area (TPSA) is 45.2 Å². The van der Waals surface area contributed by atoms with E-state index >= 15 is 0 Å². The molecule has 0 bridgehead atoms. The number of anilines is 1. The highest BCUT2D eigenvalue weighted by Gasteiger charge is 2.14. The van der Waals surface area contributed by atoms with Crippen LogP contribution in [-0.4, -0.2) is 10.1 Å². The first-order chi connectivity index (χ1) is 9.11. The zero-order chi connectivity index (χ0) is 13.8. The van der Waals surface area contributed by atoms with E-state index in [1.165, 1.54) is 0 Å². The average Bonchev–Trinajstić information content (AvgIpc) is 2.41. The van der Waals surface area contributed by atoms with E-state index in [9.17, 15) is 5.11 Å². The van der Waals surface area contributed by atoms with Crippen LogP contribution in [0, 0.1) is 6.92 Å². The van der Waals surface area contributed by atoms with Crippen LogP contribution < -0.4 is 5.32 Å². The number of hydrogen-bond donors (Lipinski definition) is 2. The van der Waals surface area contributed by atoms with Gasteiger partial charge in [-0.25, -0.2) is 0 Å². The lowest BCUT2D eigenvalue weighted by Crippen LogP contribution is -2.11. The second-order valence-electron chi connectivity index (χ2n) is 4.44. The van der Waals surface area contributed by atoms with Crippen LogP contribution in [0.25, 0.3) is 0 Å². The molecule has 19 heavy (non-hydrogen) atoms. The van der Waals surface area contributed by atoms with Crippen LogP contribution in [0.4, 0.5) is 5.69 Å². The molecule has 0 spiro atoms. The van der Waals surface area contributed by atoms with Crippen LogP contribution in [0.5, 0.6) is 5.75 Å². The van der Waals surface area contributed by atoms with Crippen molar-refractivity contribution in [2.24, 2.45) is 0 Å². The quantitative estimate of drug-likeness (QED) is 0.876. The third-order valence-electron chi connectivity index (χ3n) is 3.11. The van der Waals surface area contributed by atoms with Crippen molar-refractivity contribution in [1.29, 1.82) is 0 Å². The predicted octanol–water partition coefficient (Wildman–Crippen LogP) is 4.42. The van der Waals surface area contributed by atoms with E-state index < -0.39 is 0 Å². The molecule has 3 nitrogen and oxygen atoms in total. The molecule has 1 aromatic carbocycles. The van der Waals surface area contributed by atoms with Gasteiger partial charge in [0.25, 0.3) is 0 Å². The molecule has 0 radical (unpaired) electrons. The predicted molar refractivity (Wildman–Crippen MR) is 81.4 cm³/mol. The van der Waals surface area contributed by atoms with E-state index in [4.69, 9.17) is 0 Å². The van der Waals surface area contributed by atoms with Crippen molar-refractivity contribution in [1.82, 2.24) is 4.98 Å². The van der Waals surface area contributed by atoms with Gasteiger partial charge in [-0.3, -0.25) is 4.98 Å². The summed E-state index contributed by atoms with van der Waals surface area (Å²) in [6, 6.07) is 9.45. The summed E-state index contributed by atoms with van der Waals surface area (Å²) in [7, 11) is 0. The Bertz CT molecular complexity index is 572. The Morgan fingerprint density at radius 3 is 2.84 bits per heavy atom. The van der Waals surface area contributed by atoms with Gasteiger partial charge in [0, 0.05) is 16.2 Å². The number of phenolic OH excluding ortho intramolecular Hbond substituents is 1. The van der Waals surface area contributed by atoms with E-state index in [1.54, 1.807) is 12.3 Å². The lowest BCUT2D eigenvalue weighted by molar-refractivity contribution is 0.462. The molecule has 2 rings (SSSR count). The van der Waals surface area contributed by atoms with E-state index in [0.29, 0.717) is 5.75 Å². The van der Waals surface area contributed by atoms with Gasteiger partial charge in [-0.1, -0.05) is 22.9 Å². The third-order valence-corrected chi connectivity index (χ3v) is 3.60. The van der Waals surface area contributed by atoms with Crippen molar-refractivity contribution < 1.29 is 5.11 Å². The van der Waals surface area contributed by atoms with E-state index in [1.807, 2.05) is 31.2 Å². The fourth-order valence-electron chi connectivity index (χ4n) is 2.03. The van der Waals surface area contributed by atoms with Gasteiger partial charge in [0.05, 0.1) is 17.4 Å². The molecule has 0 saturated carbocycles. The Hall–Kier alpha value is -1.55. The number of rotatable bonds is 4. The molecule has 0 fully saturated rings. The average molecular weight is 321 g/mol. The van der Waals surface area contributed by atoms with Gasteiger partial charge in [-0.15, -0.1) is 0 Å². The van der Waals surface area contributed by atoms with Crippen molar-refractivity contribution in [3.63, 3.8) is 0 Å². The maximum atomic E-state index is 10.0. The van der Waals surface area contributed by atoms with E-state index in [-0.39, 0.29) is 6.04 Å². The summed E-state index contributed by atoms with van der Waals surface area (Å²) in [6.45, 7) is 4.06. The minimum absolute atomic E-state index is 0.0559. The van der Waals surface area contributed by atoms with Gasteiger partial charge < -0.3 is 10.4 Å². The van der Waals surface area contributed by atoms with E-state index in [2.05, 4.69) is 33.2 Å². The Labute approximate surface area is 121 Å². The molecule has 1 atom stereocenters. The molecular formula is C15H17BrN2O. The lowest BCUT2D eigenvalue weighted by Gasteiger charge is -2.21. The highest BCUT2D eigenvalue weighted by molar-refractivity contribution is 9.10. The second-order valence-corrected chi connectivity index (χ2v) is 5.36. The van der Waals surface area contributed by atoms with Gasteiger partial charge in [0.1, 0.15) is 5.75 Å². The number of nitrogens with one attached hydrogen (secondary N) is 1. The zero-order valence-corrected chi connectivity index (χ0v) is 12.6. The molecule has 1 unspecified atom stereocenters. The first-order valence-electron chi connectivity index (χ1n) is 6.28. The largest absolute Gasteiger partial charge is 0.508 e. The minimum Gasteiger partial charge on any atom is -0.508 e. The molecule has 0 amide bonds. The van der Waals surface area contributed by atoms with E-state index in [0.717, 1.165) is 27.8 Å². The number of phenols is 1. The van der Waals surface area contributed by atoms with Crippen LogP contribution in [0.3, 0.4) is 0 Å². The Morgan fingerprint density at radius 2 is 2.16 bits per heavy atom. The maximum Gasteiger partial charge on any atom is 0.120 e. The van der Waals surface area contributed by atoms with Crippen LogP contribution in [0.1, 0.15) is 30.6 Å². The number of halogens is 1. The second kappa shape index (κ2) is 6.06. The number of benzene rings is 1. The van der Waals surface area contributed by atoms with Crippen molar-refractivity contribution in [2.75, 3.05) is 5.32 Å². The molecule has 2 aromatic rings. The number of aromatic hydroxyl groups is 1. The summed E-state index contributed by atoms with van der Waals surface area (Å²) in [6.07, 6.45) is 2.65. The van der Waals surface area contributed by atoms with Crippen LogP contribution in [0.15, 0.2) is 41.0 Å². The van der Waals surface area contributed by atoms with Gasteiger partial charge in [0.15, 0.2) is 0 Å². The normalized spacial score (nSPS) is 12.2. The standard InChI is InChI=1S/C15H17BrN2O/c1-3-13(12-9-11(16)6-7-15(12)19)18-14-5-4-8-17-10(14)2/h4-9,13,18-19H,3H2,1-2H3. The fourth-order valence-corrected chi connectivity index (χ4v) is 2.41. The molecule has 0 saturated heterocycles. The fraction of sp³-hybridized carbons (Fsp3) is 0.267. The number of hydrogen-bond acceptors (Lipinski definition) is 3. The number of aryl methyl sites for hydroxylation is 1. The number of aromatic nitrogens is 1. The Balaban J connectivity index is 2.30. The summed E-state index contributed by atoms with van der Waals surface area (Å²) in [5, 5.41) is 13.4. The first kappa shape index (κ1) is 13.9. The lowest BCUT2D eigenvalue weighted by atomic mass is 10.0. The van der Waals surface area contributed by atoms with Crippen molar-refractivity contribution in [3.8, 4) is 5.75 Å². The molecule has 0 aliphatic rings. The smallest absolute Gasteiger partial charge is 0.120 e. The molecule has 1 heterocycles. The molecule has 100 valence electrons. The number of nitrogens with zero attached hydrogens (tertiary/aromatic N) is 1. The van der Waals surface area contributed by atoms with Crippen molar-refractivity contribution >= 4 is 21.6 Å². The third kappa shape index (κ3) is 3.26. The van der Waals surface area contributed by atoms with Crippen LogP contribution in [-0.2, 0) is 0 Å². The first-order valence-corrected chi connectivity index (χ1v) is 7.07. The van der Waals surface area contributed by atoms with Crippen molar-refractivity contribution in [2.45, 2.75) is 26.3 Å². The maximum absolute atomic E-state index is 10.0. The summed E-state index contributed by atoms with van der Waals surface area (Å²) >= 11 is 3.44. The number of pyridine rings is 1. The van der Waals surface area contributed by atoms with Crippen molar-refractivity contribution in [3.05, 3.63) is 52.3 Å². The molecule has 2 N–H and O–H groups in total. The zero-order valence-electron chi connectivity index (χ0n) is 11.0. The molecule has 4 heteroatoms. The SMILES string of the molecule is CCC(Nc1cccnc1C)c1cc(Br)ccc1O. The van der Waals surface area contributed by atoms with Gasteiger partial charge in [0.2, 0.25) is 0 Å². The van der Waals surface area contributed by atoms with Crippen LogP contribution >= 0.6 is 15.9 Å². The molecular weight excluding hydrogens is 304 g/mol. The van der Waals surface area contributed by atoms with Gasteiger partial charge in [-0.05, 0) is 43.7 Å². The highest BCUT2D eigenvalue weighted by atomic mass is 79.9. The summed E-state index contributed by atoms with van der Waals surface area (Å²) in [5.74, 6) is 0.309. The molecule has 0 aliphatic heterocycles. The van der Waals surface area contributed by atoms with Gasteiger partial charge in [-0.2, -0.15) is 0 Å². The minimum atomic E-state index is 0.0559. The summed E-state index contributed by atoms with van der Waals surface area (Å²) in [4.78, 5) is 4.27. The Kier molecular flexibility index (Phi) is 4.43. The highest BCUT2D eigenvalue weighted by Crippen LogP contribution is 2.32. The molecule has 1 aromatic heterocycles. The summed E-state index contributed by atoms with van der Waals surface area (Å²) in [5.41, 5.74) is 2.84. The van der Waals surface area contributed by atoms with Crippen LogP contribution in [0.2, 0.25) is 0 Å². The monoisotopic (exact) mass is 320 g/mol. The molecule has 0 aliphatic carbocycles. The van der Waals surface area contributed by atoms with Gasteiger partial charge >= 0.3 is 0 Å². The summed E-state index contributed by atoms with van der Waals surface area (Å²) < 4.78 is 0.962.